The molecule has 0 radical (unpaired) electrons. The van der Waals surface area contributed by atoms with E-state index in [2.05, 4.69) is 5.32 Å². The van der Waals surface area contributed by atoms with Crippen LogP contribution < -0.4 is 10.6 Å². The topological polar surface area (TPSA) is 78.4 Å². The van der Waals surface area contributed by atoms with E-state index >= 15 is 0 Å². The van der Waals surface area contributed by atoms with Gasteiger partial charge >= 0.3 is 12.1 Å². The van der Waals surface area contributed by atoms with Gasteiger partial charge < -0.3 is 15.7 Å². The molecule has 0 heterocycles. The second-order valence-electron chi connectivity index (χ2n) is 4.08. The van der Waals surface area contributed by atoms with Crippen LogP contribution in [0.5, 0.6) is 0 Å². The van der Waals surface area contributed by atoms with Crippen molar-refractivity contribution >= 4 is 23.5 Å². The number of halogens is 4. The first-order valence-corrected chi connectivity index (χ1v) is 6.12. The van der Waals surface area contributed by atoms with Crippen molar-refractivity contribution < 1.29 is 27.9 Å². The predicted octanol–water partition coefficient (Wildman–Crippen LogP) is 1.73. The van der Waals surface area contributed by atoms with Crippen LogP contribution in [-0.2, 0) is 9.59 Å². The maximum atomic E-state index is 11.9. The number of alkyl halides is 3. The molecule has 1 amide bonds. The smallest absolute Gasteiger partial charge is 0.401 e. The minimum atomic E-state index is -4.45. The second-order valence-corrected chi connectivity index (χ2v) is 4.49. The van der Waals surface area contributed by atoms with Gasteiger partial charge in [0.2, 0.25) is 5.91 Å². The molecule has 0 saturated heterocycles. The molecule has 0 bridgehead atoms. The lowest BCUT2D eigenvalue weighted by molar-refractivity contribution is -0.142. The summed E-state index contributed by atoms with van der Waals surface area (Å²) in [4.78, 5) is 22.6. The number of carbonyl (C=O) groups is 2. The Morgan fingerprint density at radius 2 is 1.90 bits per heavy atom. The van der Waals surface area contributed by atoms with Crippen LogP contribution in [-0.4, -0.2) is 36.2 Å². The Morgan fingerprint density at radius 1 is 1.29 bits per heavy atom. The summed E-state index contributed by atoms with van der Waals surface area (Å²) in [6.45, 7) is -2.00. The predicted molar refractivity (Wildman–Crippen MR) is 68.9 cm³/mol. The minimum Gasteiger partial charge on any atom is -0.479 e. The first-order chi connectivity index (χ1) is 9.70. The molecule has 0 unspecified atom stereocenters. The summed E-state index contributed by atoms with van der Waals surface area (Å²) in [5.41, 5.74) is 0.149. The van der Waals surface area contributed by atoms with E-state index in [4.69, 9.17) is 16.7 Å². The van der Waals surface area contributed by atoms with E-state index in [1.54, 1.807) is 6.07 Å². The van der Waals surface area contributed by atoms with Gasteiger partial charge in [-0.15, -0.1) is 0 Å². The molecule has 1 aromatic rings. The van der Waals surface area contributed by atoms with Crippen molar-refractivity contribution in [3.8, 4) is 0 Å². The highest BCUT2D eigenvalue weighted by molar-refractivity contribution is 6.31. The molecule has 1 rings (SSSR count). The van der Waals surface area contributed by atoms with Gasteiger partial charge in [0.25, 0.3) is 0 Å². The van der Waals surface area contributed by atoms with Gasteiger partial charge in [-0.3, -0.25) is 4.79 Å². The number of carbonyl (C=O) groups excluding carboxylic acids is 1. The van der Waals surface area contributed by atoms with Gasteiger partial charge in [0.05, 0.1) is 13.1 Å². The van der Waals surface area contributed by atoms with Crippen molar-refractivity contribution in [2.24, 2.45) is 0 Å². The number of carboxylic acid groups (broad SMARTS) is 1. The molecule has 1 atom stereocenters. The van der Waals surface area contributed by atoms with E-state index in [1.807, 2.05) is 5.32 Å². The Morgan fingerprint density at radius 3 is 2.43 bits per heavy atom. The Kier molecular flexibility index (Phi) is 5.98. The average molecular weight is 325 g/mol. The number of rotatable bonds is 6. The molecule has 1 aromatic carbocycles. The molecule has 9 heteroatoms. The highest BCUT2D eigenvalue weighted by atomic mass is 35.5. The molecule has 21 heavy (non-hydrogen) atoms. The summed E-state index contributed by atoms with van der Waals surface area (Å²) in [7, 11) is 0. The summed E-state index contributed by atoms with van der Waals surface area (Å²) in [5, 5.41) is 13.2. The quantitative estimate of drug-likeness (QED) is 0.744. The normalized spacial score (nSPS) is 12.8. The molecular formula is C12H12ClF3N2O3. The summed E-state index contributed by atoms with van der Waals surface area (Å²) in [5.74, 6) is -2.25. The van der Waals surface area contributed by atoms with E-state index in [9.17, 15) is 22.8 Å². The lowest BCUT2D eigenvalue weighted by Gasteiger charge is -2.16. The van der Waals surface area contributed by atoms with E-state index < -0.39 is 37.2 Å². The lowest BCUT2D eigenvalue weighted by Crippen LogP contribution is -2.41. The first-order valence-electron chi connectivity index (χ1n) is 5.75. The molecule has 0 aromatic heterocycles. The highest BCUT2D eigenvalue weighted by Gasteiger charge is 2.28. The average Bonchev–Trinajstić information content (AvgIpc) is 2.35. The van der Waals surface area contributed by atoms with Gasteiger partial charge in [-0.2, -0.15) is 13.2 Å². The van der Waals surface area contributed by atoms with E-state index in [0.717, 1.165) is 0 Å². The van der Waals surface area contributed by atoms with Crippen LogP contribution in [0.3, 0.4) is 0 Å². The molecule has 0 spiro atoms. The summed E-state index contributed by atoms with van der Waals surface area (Å²) >= 11 is 5.83. The fraction of sp³-hybridized carbons (Fsp3) is 0.333. The van der Waals surface area contributed by atoms with Crippen molar-refractivity contribution in [1.82, 2.24) is 10.6 Å². The van der Waals surface area contributed by atoms with Gasteiger partial charge in [-0.05, 0) is 6.07 Å². The minimum absolute atomic E-state index is 0.133. The number of nitrogens with one attached hydrogen (secondary N) is 2. The van der Waals surface area contributed by atoms with Gasteiger partial charge in [-0.25, -0.2) is 4.79 Å². The van der Waals surface area contributed by atoms with Crippen molar-refractivity contribution in [1.29, 1.82) is 0 Å². The molecule has 0 aliphatic carbocycles. The van der Waals surface area contributed by atoms with E-state index in [1.165, 1.54) is 18.2 Å². The third-order valence-corrected chi connectivity index (χ3v) is 2.72. The Labute approximate surface area is 123 Å². The maximum absolute atomic E-state index is 11.9. The molecule has 0 aliphatic heterocycles. The maximum Gasteiger partial charge on any atom is 0.401 e. The molecule has 0 fully saturated rings. The summed E-state index contributed by atoms with van der Waals surface area (Å²) in [6.07, 6.45) is -4.45. The molecule has 5 nitrogen and oxygen atoms in total. The first kappa shape index (κ1) is 17.3. The van der Waals surface area contributed by atoms with Gasteiger partial charge in [-0.1, -0.05) is 29.8 Å². The number of amides is 1. The van der Waals surface area contributed by atoms with Crippen molar-refractivity contribution in [2.45, 2.75) is 12.2 Å². The van der Waals surface area contributed by atoms with Crippen LogP contribution in [0.2, 0.25) is 5.02 Å². The zero-order chi connectivity index (χ0) is 16.0. The summed E-state index contributed by atoms with van der Waals surface area (Å²) in [6, 6.07) is 4.53. The van der Waals surface area contributed by atoms with Crippen LogP contribution >= 0.6 is 11.6 Å². The summed E-state index contributed by atoms with van der Waals surface area (Å²) < 4.78 is 35.7. The zero-order valence-electron chi connectivity index (χ0n) is 10.6. The van der Waals surface area contributed by atoms with Crippen LogP contribution in [0.15, 0.2) is 24.3 Å². The third-order valence-electron chi connectivity index (χ3n) is 2.38. The van der Waals surface area contributed by atoms with Crippen LogP contribution in [0, 0.1) is 0 Å². The monoisotopic (exact) mass is 324 g/mol. The SMILES string of the molecule is O=C(CNCC(F)(F)F)N[C@@H](C(=O)O)c1ccccc1Cl. The third kappa shape index (κ3) is 6.01. The van der Waals surface area contributed by atoms with Crippen molar-refractivity contribution in [3.63, 3.8) is 0 Å². The molecule has 0 saturated carbocycles. The fourth-order valence-electron chi connectivity index (χ4n) is 1.51. The highest BCUT2D eigenvalue weighted by Crippen LogP contribution is 2.22. The van der Waals surface area contributed by atoms with Crippen LogP contribution in [0.4, 0.5) is 13.2 Å². The van der Waals surface area contributed by atoms with Crippen LogP contribution in [0.25, 0.3) is 0 Å². The molecule has 3 N–H and O–H groups in total. The largest absolute Gasteiger partial charge is 0.479 e. The Hall–Kier alpha value is -1.80. The second kappa shape index (κ2) is 7.28. The Bertz CT molecular complexity index is 523. The Balaban J connectivity index is 2.66. The van der Waals surface area contributed by atoms with Gasteiger partial charge in [0, 0.05) is 10.6 Å². The number of benzene rings is 1. The number of hydrogen-bond donors (Lipinski definition) is 3. The van der Waals surface area contributed by atoms with Gasteiger partial charge in [0.15, 0.2) is 6.04 Å². The van der Waals surface area contributed by atoms with Crippen LogP contribution in [0.1, 0.15) is 11.6 Å². The molecular weight excluding hydrogens is 313 g/mol. The molecule has 116 valence electrons. The van der Waals surface area contributed by atoms with Crippen molar-refractivity contribution in [2.75, 3.05) is 13.1 Å². The van der Waals surface area contributed by atoms with Gasteiger partial charge in [0.1, 0.15) is 0 Å². The standard InChI is InChI=1S/C12H12ClF3N2O3/c13-8-4-2-1-3-7(8)10(11(20)21)18-9(19)5-17-6-12(14,15)16/h1-4,10,17H,5-6H2,(H,18,19)(H,20,21)/t10-/m1/s1. The van der Waals surface area contributed by atoms with E-state index in [-0.39, 0.29) is 10.6 Å². The fourth-order valence-corrected chi connectivity index (χ4v) is 1.76. The van der Waals surface area contributed by atoms with Crippen molar-refractivity contribution in [3.05, 3.63) is 34.9 Å². The van der Waals surface area contributed by atoms with E-state index in [0.29, 0.717) is 0 Å². The number of carboxylic acids is 1. The number of aliphatic carboxylic acids is 1. The lowest BCUT2D eigenvalue weighted by atomic mass is 10.1. The number of hydrogen-bond acceptors (Lipinski definition) is 3. The zero-order valence-corrected chi connectivity index (χ0v) is 11.3. The molecule has 0 aliphatic rings.